The molecular weight excluding hydrogens is 502 g/mol. The summed E-state index contributed by atoms with van der Waals surface area (Å²) in [4.78, 5) is 4.21. The van der Waals surface area contributed by atoms with Crippen molar-refractivity contribution in [3.8, 4) is 11.5 Å². The lowest BCUT2D eigenvalue weighted by molar-refractivity contribution is 0.346. The van der Waals surface area contributed by atoms with Crippen LogP contribution in [-0.4, -0.2) is 15.2 Å². The first-order valence-corrected chi connectivity index (χ1v) is 14.6. The zero-order valence-electron chi connectivity index (χ0n) is 26.5. The number of hydrogen-bond acceptors (Lipinski definition) is 3. The van der Waals surface area contributed by atoms with E-state index in [1.807, 2.05) is 48.8 Å². The van der Waals surface area contributed by atoms with Crippen molar-refractivity contribution in [2.45, 2.75) is 91.4 Å². The van der Waals surface area contributed by atoms with Crippen molar-refractivity contribution in [2.24, 2.45) is 5.41 Å². The van der Waals surface area contributed by atoms with Crippen molar-refractivity contribution >= 4 is 0 Å². The van der Waals surface area contributed by atoms with Crippen molar-refractivity contribution in [1.29, 1.82) is 0 Å². The van der Waals surface area contributed by atoms with Gasteiger partial charge in [-0.05, 0) is 68.5 Å². The van der Waals surface area contributed by atoms with Gasteiger partial charge in [0.15, 0.2) is 0 Å². The average molecular weight is 550 g/mol. The van der Waals surface area contributed by atoms with Gasteiger partial charge in [-0.25, -0.2) is 0 Å². The molecule has 0 saturated heterocycles. The van der Waals surface area contributed by atoms with Crippen molar-refractivity contribution in [3.63, 3.8) is 0 Å². The lowest BCUT2D eigenvalue weighted by atomic mass is 9.70. The number of rotatable bonds is 6. The molecule has 4 aromatic rings. The molecule has 0 amide bonds. The maximum atomic E-state index is 11.1. The quantitative estimate of drug-likeness (QED) is 0.252. The number of phenols is 2. The minimum absolute atomic E-state index is 0.0210. The summed E-state index contributed by atoms with van der Waals surface area (Å²) in [5.74, 6) is 0.690. The fourth-order valence-electron chi connectivity index (χ4n) is 6.04. The summed E-state index contributed by atoms with van der Waals surface area (Å²) in [6, 6.07) is 25.1. The molecule has 216 valence electrons. The van der Waals surface area contributed by atoms with Gasteiger partial charge in [0.25, 0.3) is 0 Å². The molecule has 3 nitrogen and oxygen atoms in total. The molecule has 2 N–H and O–H groups in total. The molecule has 1 aromatic heterocycles. The fourth-order valence-corrected chi connectivity index (χ4v) is 6.04. The standard InChI is InChI=1S/C38H47NO2/c1-35(2,3)31-24-29(16-18-33(31)41)38(9,10)27-13-11-26(12-14-27)37(7,8)28-15-17-32(40)30(23-28)34(36(4,5)6)25-19-21-39-22-20-25/h11-24,34,40-41H,1-10H3. The Balaban J connectivity index is 1.71. The van der Waals surface area contributed by atoms with E-state index in [9.17, 15) is 10.2 Å². The molecule has 41 heavy (non-hydrogen) atoms. The molecule has 0 aliphatic heterocycles. The van der Waals surface area contributed by atoms with Gasteiger partial charge in [0.2, 0.25) is 0 Å². The number of pyridine rings is 1. The maximum absolute atomic E-state index is 11.1. The van der Waals surface area contributed by atoms with Gasteiger partial charge in [-0.3, -0.25) is 4.98 Å². The van der Waals surface area contributed by atoms with Gasteiger partial charge in [0.1, 0.15) is 11.5 Å². The molecule has 1 atom stereocenters. The highest BCUT2D eigenvalue weighted by Crippen LogP contribution is 2.46. The maximum Gasteiger partial charge on any atom is 0.119 e. The third kappa shape index (κ3) is 6.05. The van der Waals surface area contributed by atoms with E-state index < -0.39 is 0 Å². The molecule has 0 aliphatic carbocycles. The normalized spacial score (nSPS) is 13.7. The fraction of sp³-hybridized carbons (Fsp3) is 0.395. The Bertz CT molecular complexity index is 1500. The molecule has 0 saturated carbocycles. The first kappa shape index (κ1) is 30.4. The first-order chi connectivity index (χ1) is 18.9. The van der Waals surface area contributed by atoms with Crippen LogP contribution in [0.1, 0.15) is 114 Å². The molecule has 1 heterocycles. The molecule has 3 aromatic carbocycles. The van der Waals surface area contributed by atoms with Crippen molar-refractivity contribution in [2.75, 3.05) is 0 Å². The molecule has 4 rings (SSSR count). The Kier molecular flexibility index (Phi) is 7.90. The summed E-state index contributed by atoms with van der Waals surface area (Å²) in [7, 11) is 0. The van der Waals surface area contributed by atoms with Crippen LogP contribution in [0, 0.1) is 5.41 Å². The highest BCUT2D eigenvalue weighted by molar-refractivity contribution is 5.51. The van der Waals surface area contributed by atoms with Crippen molar-refractivity contribution in [1.82, 2.24) is 4.98 Å². The van der Waals surface area contributed by atoms with Crippen LogP contribution in [0.2, 0.25) is 0 Å². The molecule has 0 radical (unpaired) electrons. The minimum atomic E-state index is -0.274. The topological polar surface area (TPSA) is 53.4 Å². The van der Waals surface area contributed by atoms with Crippen LogP contribution in [0.15, 0.2) is 85.2 Å². The third-order valence-corrected chi connectivity index (χ3v) is 8.82. The predicted octanol–water partition coefficient (Wildman–Crippen LogP) is 9.62. The van der Waals surface area contributed by atoms with Crippen LogP contribution in [0.3, 0.4) is 0 Å². The largest absolute Gasteiger partial charge is 0.508 e. The zero-order valence-corrected chi connectivity index (χ0v) is 26.5. The monoisotopic (exact) mass is 549 g/mol. The molecule has 0 bridgehead atoms. The number of benzene rings is 3. The van der Waals surface area contributed by atoms with E-state index in [1.54, 1.807) is 0 Å². The summed E-state index contributed by atoms with van der Waals surface area (Å²) in [6.45, 7) is 22.0. The lowest BCUT2D eigenvalue weighted by Crippen LogP contribution is -2.23. The lowest BCUT2D eigenvalue weighted by Gasteiger charge is -2.34. The second-order valence-electron chi connectivity index (χ2n) is 14.7. The SMILES string of the molecule is CC(C)(C)c1cc(C(C)(C)c2ccc(C(C)(C)c3ccc(O)c(C(c4ccncc4)C(C)(C)C)c3)cc2)ccc1O. The van der Waals surface area contributed by atoms with Crippen LogP contribution < -0.4 is 0 Å². The number of nitrogens with zero attached hydrogens (tertiary/aromatic N) is 1. The van der Waals surface area contributed by atoms with E-state index in [0.29, 0.717) is 11.5 Å². The van der Waals surface area contributed by atoms with E-state index in [2.05, 4.69) is 111 Å². The smallest absolute Gasteiger partial charge is 0.119 e. The van der Waals surface area contributed by atoms with Crippen LogP contribution in [0.5, 0.6) is 11.5 Å². The Morgan fingerprint density at radius 3 is 1.44 bits per heavy atom. The number of hydrogen-bond donors (Lipinski definition) is 2. The van der Waals surface area contributed by atoms with Crippen LogP contribution in [0.25, 0.3) is 0 Å². The van der Waals surface area contributed by atoms with Crippen LogP contribution >= 0.6 is 0 Å². The van der Waals surface area contributed by atoms with Gasteiger partial charge in [-0.2, -0.15) is 0 Å². The third-order valence-electron chi connectivity index (χ3n) is 8.82. The molecule has 0 aliphatic rings. The number of phenolic OH excluding ortho intramolecular Hbond substituents is 2. The van der Waals surface area contributed by atoms with Crippen molar-refractivity contribution < 1.29 is 10.2 Å². The molecule has 1 unspecified atom stereocenters. The molecule has 0 spiro atoms. The average Bonchev–Trinajstić information content (AvgIpc) is 2.89. The molecule has 3 heteroatoms. The van der Waals surface area contributed by atoms with E-state index in [1.165, 1.54) is 16.7 Å². The first-order valence-electron chi connectivity index (χ1n) is 14.6. The number of aromatic nitrogens is 1. The van der Waals surface area contributed by atoms with Gasteiger partial charge in [-0.15, -0.1) is 0 Å². The second kappa shape index (κ2) is 10.7. The Morgan fingerprint density at radius 1 is 0.537 bits per heavy atom. The van der Waals surface area contributed by atoms with Gasteiger partial charge in [-0.1, -0.05) is 118 Å². The van der Waals surface area contributed by atoms with E-state index in [-0.39, 0.29) is 27.6 Å². The Labute approximate surface area is 247 Å². The Hall–Kier alpha value is -3.59. The summed E-state index contributed by atoms with van der Waals surface area (Å²) >= 11 is 0. The van der Waals surface area contributed by atoms with Crippen LogP contribution in [0.4, 0.5) is 0 Å². The second-order valence-corrected chi connectivity index (χ2v) is 14.7. The zero-order chi connectivity index (χ0) is 30.4. The molecular formula is C38H47NO2. The van der Waals surface area contributed by atoms with Gasteiger partial charge in [0, 0.05) is 34.7 Å². The highest BCUT2D eigenvalue weighted by Gasteiger charge is 2.33. The molecule has 0 fully saturated rings. The number of aromatic hydroxyl groups is 2. The summed E-state index contributed by atoms with van der Waals surface area (Å²) in [5, 5.41) is 21.6. The van der Waals surface area contributed by atoms with Gasteiger partial charge < -0.3 is 10.2 Å². The predicted molar refractivity (Wildman–Crippen MR) is 171 cm³/mol. The Morgan fingerprint density at radius 2 is 0.976 bits per heavy atom. The summed E-state index contributed by atoms with van der Waals surface area (Å²) in [6.07, 6.45) is 3.65. The van der Waals surface area contributed by atoms with Crippen molar-refractivity contribution in [3.05, 3.63) is 124 Å². The highest BCUT2D eigenvalue weighted by atomic mass is 16.3. The van der Waals surface area contributed by atoms with E-state index >= 15 is 0 Å². The minimum Gasteiger partial charge on any atom is -0.508 e. The van der Waals surface area contributed by atoms with Gasteiger partial charge >= 0.3 is 0 Å². The van der Waals surface area contributed by atoms with E-state index in [4.69, 9.17) is 0 Å². The van der Waals surface area contributed by atoms with E-state index in [0.717, 1.165) is 22.3 Å². The summed E-state index contributed by atoms with van der Waals surface area (Å²) in [5.41, 5.74) is 7.08. The van der Waals surface area contributed by atoms with Crippen LogP contribution in [-0.2, 0) is 16.2 Å². The summed E-state index contributed by atoms with van der Waals surface area (Å²) < 4.78 is 0. The van der Waals surface area contributed by atoms with Gasteiger partial charge in [0.05, 0.1) is 0 Å².